The lowest BCUT2D eigenvalue weighted by Gasteiger charge is -2.18. The van der Waals surface area contributed by atoms with Gasteiger partial charge in [0.1, 0.15) is 13.2 Å². The van der Waals surface area contributed by atoms with E-state index in [0.29, 0.717) is 61.8 Å². The van der Waals surface area contributed by atoms with Gasteiger partial charge in [0.25, 0.3) is 0 Å². The second-order valence-electron chi connectivity index (χ2n) is 6.79. The van der Waals surface area contributed by atoms with Gasteiger partial charge in [0, 0.05) is 30.3 Å². The van der Waals surface area contributed by atoms with Gasteiger partial charge in [-0.15, -0.1) is 6.42 Å². The highest BCUT2D eigenvalue weighted by atomic mass is 32.2. The summed E-state index contributed by atoms with van der Waals surface area (Å²) < 4.78 is 38.3. The second kappa shape index (κ2) is 10.1. The molecule has 8 heteroatoms. The van der Waals surface area contributed by atoms with E-state index in [4.69, 9.17) is 15.9 Å². The normalized spacial score (nSPS) is 12.8. The van der Waals surface area contributed by atoms with E-state index in [-0.39, 0.29) is 10.8 Å². The van der Waals surface area contributed by atoms with E-state index in [1.54, 1.807) is 30.3 Å². The van der Waals surface area contributed by atoms with E-state index in [1.807, 2.05) is 0 Å². The molecule has 1 heterocycles. The van der Waals surface area contributed by atoms with Crippen molar-refractivity contribution in [3.8, 4) is 23.8 Å². The van der Waals surface area contributed by atoms with E-state index in [0.717, 1.165) is 6.42 Å². The molecule has 158 valence electrons. The number of amides is 1. The summed E-state index contributed by atoms with van der Waals surface area (Å²) in [5.74, 6) is 3.41. The minimum absolute atomic E-state index is 0.0963. The van der Waals surface area contributed by atoms with Crippen molar-refractivity contribution in [3.05, 3.63) is 48.0 Å². The monoisotopic (exact) mass is 428 g/mol. The molecule has 1 aliphatic rings. The minimum atomic E-state index is -3.63. The number of rotatable bonds is 9. The molecule has 0 fully saturated rings. The Balaban J connectivity index is 1.37. The fourth-order valence-corrected chi connectivity index (χ4v) is 4.07. The first-order valence-corrected chi connectivity index (χ1v) is 11.2. The topological polar surface area (TPSA) is 93.7 Å². The van der Waals surface area contributed by atoms with E-state index < -0.39 is 10.0 Å². The van der Waals surface area contributed by atoms with Crippen LogP contribution in [0.15, 0.2) is 47.4 Å². The van der Waals surface area contributed by atoms with Crippen LogP contribution in [0.4, 0.5) is 5.69 Å². The number of carbonyl (C=O) groups is 1. The maximum absolute atomic E-state index is 12.4. The van der Waals surface area contributed by atoms with Gasteiger partial charge in [-0.25, -0.2) is 13.1 Å². The van der Waals surface area contributed by atoms with Crippen molar-refractivity contribution >= 4 is 21.6 Å². The van der Waals surface area contributed by atoms with Crippen molar-refractivity contribution in [1.82, 2.24) is 4.72 Å². The molecule has 2 N–H and O–H groups in total. The number of fused-ring (bicyclic) bond motifs is 1. The molecule has 0 aromatic heterocycles. The maximum Gasteiger partial charge on any atom is 0.240 e. The Morgan fingerprint density at radius 3 is 2.63 bits per heavy atom. The molecular formula is C22H24N2O5S. The van der Waals surface area contributed by atoms with Crippen molar-refractivity contribution in [2.24, 2.45) is 0 Å². The van der Waals surface area contributed by atoms with Gasteiger partial charge in [-0.05, 0) is 43.2 Å². The number of nitrogens with one attached hydrogen (secondary N) is 2. The fraction of sp³-hybridized carbons (Fsp3) is 0.318. The maximum atomic E-state index is 12.4. The Kier molecular flexibility index (Phi) is 7.33. The highest BCUT2D eigenvalue weighted by Gasteiger charge is 2.18. The molecule has 7 nitrogen and oxygen atoms in total. The molecule has 0 saturated carbocycles. The standard InChI is InChI=1S/C22H24N2O5S/c1-2-17-7-6-8-18(15-17)24-22(25)9-4-3-5-12-23-30(26,27)19-10-11-20-21(16-19)29-14-13-28-20/h1,6-8,10-11,15-16,23H,3-5,9,12-14H2,(H,24,25). The number of benzene rings is 2. The highest BCUT2D eigenvalue weighted by molar-refractivity contribution is 7.89. The molecule has 0 radical (unpaired) electrons. The van der Waals surface area contributed by atoms with Crippen molar-refractivity contribution in [1.29, 1.82) is 0 Å². The SMILES string of the molecule is C#Cc1cccc(NC(=O)CCCCCNS(=O)(=O)c2ccc3c(c2)OCCO3)c1. The average molecular weight is 429 g/mol. The molecule has 0 saturated heterocycles. The number of unbranched alkanes of at least 4 members (excludes halogenated alkanes) is 2. The van der Waals surface area contributed by atoms with E-state index in [9.17, 15) is 13.2 Å². The van der Waals surface area contributed by atoms with Crippen LogP contribution in [0.5, 0.6) is 11.5 Å². The quantitative estimate of drug-likeness (QED) is 0.473. The van der Waals surface area contributed by atoms with Crippen molar-refractivity contribution in [2.75, 3.05) is 25.1 Å². The molecule has 0 unspecified atom stereocenters. The largest absolute Gasteiger partial charge is 0.486 e. The van der Waals surface area contributed by atoms with Crippen LogP contribution in [0.3, 0.4) is 0 Å². The van der Waals surface area contributed by atoms with Gasteiger partial charge in [-0.3, -0.25) is 4.79 Å². The molecule has 2 aromatic rings. The number of anilines is 1. The summed E-state index contributed by atoms with van der Waals surface area (Å²) in [6.07, 6.45) is 7.72. The van der Waals surface area contributed by atoms with Crippen LogP contribution in [0.25, 0.3) is 0 Å². The number of hydrogen-bond donors (Lipinski definition) is 2. The summed E-state index contributed by atoms with van der Waals surface area (Å²) in [5, 5.41) is 2.81. The van der Waals surface area contributed by atoms with Crippen LogP contribution in [0.1, 0.15) is 31.2 Å². The number of carbonyl (C=O) groups excluding carboxylic acids is 1. The molecule has 1 aliphatic heterocycles. The van der Waals surface area contributed by atoms with Gasteiger partial charge >= 0.3 is 0 Å². The van der Waals surface area contributed by atoms with Gasteiger partial charge in [0.2, 0.25) is 15.9 Å². The Bertz CT molecular complexity index is 1040. The predicted molar refractivity (Wildman–Crippen MR) is 114 cm³/mol. The number of terminal acetylenes is 1. The zero-order chi connectivity index (χ0) is 21.4. The Labute approximate surface area is 176 Å². The summed E-state index contributed by atoms with van der Waals surface area (Å²) in [5.41, 5.74) is 1.38. The lowest BCUT2D eigenvalue weighted by Crippen LogP contribution is -2.25. The fourth-order valence-electron chi connectivity index (χ4n) is 2.98. The summed E-state index contributed by atoms with van der Waals surface area (Å²) in [6.45, 7) is 1.14. The van der Waals surface area contributed by atoms with Crippen LogP contribution < -0.4 is 19.5 Å². The molecule has 2 aromatic carbocycles. The number of sulfonamides is 1. The Morgan fingerprint density at radius 1 is 1.03 bits per heavy atom. The van der Waals surface area contributed by atoms with Crippen LogP contribution in [0, 0.1) is 12.3 Å². The third-order valence-corrected chi connectivity index (χ3v) is 5.97. The summed E-state index contributed by atoms with van der Waals surface area (Å²) in [7, 11) is -3.63. The molecular weight excluding hydrogens is 404 g/mol. The van der Waals surface area contributed by atoms with Gasteiger partial charge < -0.3 is 14.8 Å². The molecule has 30 heavy (non-hydrogen) atoms. The van der Waals surface area contributed by atoms with E-state index in [1.165, 1.54) is 12.1 Å². The molecule has 0 bridgehead atoms. The molecule has 3 rings (SSSR count). The zero-order valence-electron chi connectivity index (χ0n) is 16.5. The Hall–Kier alpha value is -3.02. The van der Waals surface area contributed by atoms with E-state index in [2.05, 4.69) is 16.0 Å². The molecule has 1 amide bonds. The minimum Gasteiger partial charge on any atom is -0.486 e. The summed E-state index contributed by atoms with van der Waals surface area (Å²) in [6, 6.07) is 11.7. The smallest absolute Gasteiger partial charge is 0.240 e. The van der Waals surface area contributed by atoms with E-state index >= 15 is 0 Å². The molecule has 0 spiro atoms. The third kappa shape index (κ3) is 5.99. The number of ether oxygens (including phenoxy) is 2. The summed E-state index contributed by atoms with van der Waals surface area (Å²) >= 11 is 0. The van der Waals surface area contributed by atoms with Crippen LogP contribution in [0.2, 0.25) is 0 Å². The first kappa shape index (κ1) is 21.7. The van der Waals surface area contributed by atoms with Gasteiger partial charge in [0.15, 0.2) is 11.5 Å². The highest BCUT2D eigenvalue weighted by Crippen LogP contribution is 2.32. The summed E-state index contributed by atoms with van der Waals surface area (Å²) in [4.78, 5) is 12.1. The zero-order valence-corrected chi connectivity index (χ0v) is 17.3. The van der Waals surface area contributed by atoms with Gasteiger partial charge in [-0.1, -0.05) is 18.4 Å². The van der Waals surface area contributed by atoms with Crippen molar-refractivity contribution in [3.63, 3.8) is 0 Å². The number of hydrogen-bond acceptors (Lipinski definition) is 5. The van der Waals surface area contributed by atoms with Crippen LogP contribution in [-0.2, 0) is 14.8 Å². The predicted octanol–water partition coefficient (Wildman–Crippen LogP) is 2.92. The van der Waals surface area contributed by atoms with Crippen LogP contribution in [-0.4, -0.2) is 34.1 Å². The first-order chi connectivity index (χ1) is 14.5. The Morgan fingerprint density at radius 2 is 1.83 bits per heavy atom. The van der Waals surface area contributed by atoms with Gasteiger partial charge in [-0.2, -0.15) is 0 Å². The van der Waals surface area contributed by atoms with Crippen molar-refractivity contribution in [2.45, 2.75) is 30.6 Å². The third-order valence-electron chi connectivity index (χ3n) is 4.51. The van der Waals surface area contributed by atoms with Crippen LogP contribution >= 0.6 is 0 Å². The lowest BCUT2D eigenvalue weighted by molar-refractivity contribution is -0.116. The lowest BCUT2D eigenvalue weighted by atomic mass is 10.1. The molecule has 0 atom stereocenters. The first-order valence-electron chi connectivity index (χ1n) is 9.74. The average Bonchev–Trinajstić information content (AvgIpc) is 2.76. The van der Waals surface area contributed by atoms with Gasteiger partial charge in [0.05, 0.1) is 4.90 Å². The molecule has 0 aliphatic carbocycles. The van der Waals surface area contributed by atoms with Crippen molar-refractivity contribution < 1.29 is 22.7 Å². The second-order valence-corrected chi connectivity index (χ2v) is 8.55.